The molecule has 3 heteroatoms. The third kappa shape index (κ3) is 2.12. The molecule has 0 aliphatic carbocycles. The molecule has 1 rings (SSSR count). The Morgan fingerprint density at radius 3 is 2.75 bits per heavy atom. The number of hydrogen-bond donors (Lipinski definition) is 2. The van der Waals surface area contributed by atoms with Gasteiger partial charge in [-0.25, -0.2) is 4.98 Å². The van der Waals surface area contributed by atoms with Crippen molar-refractivity contribution in [3.8, 4) is 0 Å². The number of hydrogen-bond acceptors (Lipinski definition) is 2. The number of nitrogens with one attached hydrogen (secondary N) is 2. The molecule has 66 valence electrons. The van der Waals surface area contributed by atoms with Crippen LogP contribution >= 0.6 is 0 Å². The number of nitrogens with zero attached hydrogens (tertiary/aromatic N) is 1. The van der Waals surface area contributed by atoms with Crippen LogP contribution in [-0.4, -0.2) is 17.0 Å². The highest BCUT2D eigenvalue weighted by Crippen LogP contribution is 2.04. The van der Waals surface area contributed by atoms with Crippen LogP contribution in [0.4, 0.5) is 0 Å². The molecule has 0 aromatic carbocycles. The van der Waals surface area contributed by atoms with E-state index in [1.54, 1.807) is 0 Å². The molecule has 0 aliphatic rings. The average molecular weight is 165 g/mol. The van der Waals surface area contributed by atoms with E-state index in [4.69, 9.17) is 0 Å². The van der Waals surface area contributed by atoms with Gasteiger partial charge in [-0.15, -0.1) is 0 Å². The number of allylic oxidation sites excluding steroid dienone is 1. The third-order valence-corrected chi connectivity index (χ3v) is 1.70. The summed E-state index contributed by atoms with van der Waals surface area (Å²) >= 11 is 0. The summed E-state index contributed by atoms with van der Waals surface area (Å²) in [5.74, 6) is 0.986. The summed E-state index contributed by atoms with van der Waals surface area (Å²) in [6, 6.07) is 0. The van der Waals surface area contributed by atoms with Gasteiger partial charge in [-0.2, -0.15) is 0 Å². The van der Waals surface area contributed by atoms with Crippen molar-refractivity contribution in [2.45, 2.75) is 20.3 Å². The van der Waals surface area contributed by atoms with Gasteiger partial charge >= 0.3 is 0 Å². The van der Waals surface area contributed by atoms with E-state index in [1.165, 1.54) is 0 Å². The van der Waals surface area contributed by atoms with Crippen LogP contribution < -0.4 is 5.32 Å². The predicted octanol–water partition coefficient (Wildman–Crippen LogP) is 1.30. The molecule has 1 aromatic rings. The molecule has 0 saturated carbocycles. The topological polar surface area (TPSA) is 40.7 Å². The molecule has 0 spiro atoms. The SMILES string of the molecule is CN/C=C\Cc1nc(C)[nH]c1C. The highest BCUT2D eigenvalue weighted by Gasteiger charge is 2.00. The molecule has 0 radical (unpaired) electrons. The summed E-state index contributed by atoms with van der Waals surface area (Å²) in [5, 5.41) is 2.95. The first-order valence-electron chi connectivity index (χ1n) is 4.08. The van der Waals surface area contributed by atoms with Gasteiger partial charge in [0.2, 0.25) is 0 Å². The minimum Gasteiger partial charge on any atom is -0.394 e. The zero-order chi connectivity index (χ0) is 8.97. The molecule has 0 unspecified atom stereocenters. The zero-order valence-electron chi connectivity index (χ0n) is 7.81. The molecule has 0 bridgehead atoms. The second-order valence-electron chi connectivity index (χ2n) is 2.79. The van der Waals surface area contributed by atoms with E-state index in [2.05, 4.69) is 21.4 Å². The molecule has 3 nitrogen and oxygen atoms in total. The number of H-pyrrole nitrogens is 1. The van der Waals surface area contributed by atoms with Gasteiger partial charge in [0.15, 0.2) is 0 Å². The summed E-state index contributed by atoms with van der Waals surface area (Å²) < 4.78 is 0. The molecule has 0 saturated heterocycles. The third-order valence-electron chi connectivity index (χ3n) is 1.70. The lowest BCUT2D eigenvalue weighted by Gasteiger charge is -1.90. The Hall–Kier alpha value is -1.25. The van der Waals surface area contributed by atoms with Crippen molar-refractivity contribution in [2.75, 3.05) is 7.05 Å². The van der Waals surface area contributed by atoms with E-state index in [0.717, 1.165) is 23.6 Å². The van der Waals surface area contributed by atoms with Gasteiger partial charge in [0.05, 0.1) is 5.69 Å². The average Bonchev–Trinajstić information content (AvgIpc) is 2.31. The van der Waals surface area contributed by atoms with Crippen molar-refractivity contribution in [1.82, 2.24) is 15.3 Å². The van der Waals surface area contributed by atoms with E-state index >= 15 is 0 Å². The molecule has 0 atom stereocenters. The van der Waals surface area contributed by atoms with E-state index in [9.17, 15) is 0 Å². The molecule has 1 aromatic heterocycles. The molecule has 0 amide bonds. The first-order chi connectivity index (χ1) is 5.74. The van der Waals surface area contributed by atoms with Crippen LogP contribution in [-0.2, 0) is 6.42 Å². The van der Waals surface area contributed by atoms with Crippen LogP contribution in [0.25, 0.3) is 0 Å². The fraction of sp³-hybridized carbons (Fsp3) is 0.444. The van der Waals surface area contributed by atoms with Crippen molar-refractivity contribution < 1.29 is 0 Å². The monoisotopic (exact) mass is 165 g/mol. The fourth-order valence-electron chi connectivity index (χ4n) is 1.14. The molecule has 12 heavy (non-hydrogen) atoms. The Morgan fingerprint density at radius 1 is 1.50 bits per heavy atom. The smallest absolute Gasteiger partial charge is 0.103 e. The van der Waals surface area contributed by atoms with Crippen molar-refractivity contribution in [3.05, 3.63) is 29.5 Å². The Bertz CT molecular complexity index is 273. The molecular weight excluding hydrogens is 150 g/mol. The highest BCUT2D eigenvalue weighted by molar-refractivity contribution is 5.15. The summed E-state index contributed by atoms with van der Waals surface area (Å²) in [6.07, 6.45) is 4.86. The van der Waals surface area contributed by atoms with E-state index in [1.807, 2.05) is 27.1 Å². The van der Waals surface area contributed by atoms with Crippen molar-refractivity contribution in [3.63, 3.8) is 0 Å². The Balaban J connectivity index is 2.62. The predicted molar refractivity (Wildman–Crippen MR) is 50.0 cm³/mol. The molecule has 0 fully saturated rings. The number of aromatic nitrogens is 2. The molecule has 0 aliphatic heterocycles. The first kappa shape index (κ1) is 8.84. The lowest BCUT2D eigenvalue weighted by atomic mass is 10.2. The van der Waals surface area contributed by atoms with Crippen molar-refractivity contribution in [2.24, 2.45) is 0 Å². The van der Waals surface area contributed by atoms with Gasteiger partial charge in [-0.05, 0) is 20.0 Å². The number of aromatic amines is 1. The Labute approximate surface area is 72.9 Å². The number of imidazole rings is 1. The molecular formula is C9H15N3. The number of aryl methyl sites for hydroxylation is 2. The lowest BCUT2D eigenvalue weighted by Crippen LogP contribution is -1.93. The quantitative estimate of drug-likeness (QED) is 0.708. The van der Waals surface area contributed by atoms with Gasteiger partial charge in [0.1, 0.15) is 5.82 Å². The van der Waals surface area contributed by atoms with E-state index in [-0.39, 0.29) is 0 Å². The largest absolute Gasteiger partial charge is 0.394 e. The lowest BCUT2D eigenvalue weighted by molar-refractivity contribution is 1.05. The second kappa shape index (κ2) is 3.95. The summed E-state index contributed by atoms with van der Waals surface area (Å²) in [7, 11) is 1.89. The normalized spacial score (nSPS) is 10.9. The summed E-state index contributed by atoms with van der Waals surface area (Å²) in [4.78, 5) is 7.52. The summed E-state index contributed by atoms with van der Waals surface area (Å²) in [5.41, 5.74) is 2.28. The highest BCUT2D eigenvalue weighted by atomic mass is 14.9. The van der Waals surface area contributed by atoms with Crippen LogP contribution in [0.5, 0.6) is 0 Å². The second-order valence-corrected chi connectivity index (χ2v) is 2.79. The zero-order valence-corrected chi connectivity index (χ0v) is 7.81. The maximum absolute atomic E-state index is 4.35. The van der Waals surface area contributed by atoms with Gasteiger partial charge in [-0.1, -0.05) is 6.08 Å². The Morgan fingerprint density at radius 2 is 2.25 bits per heavy atom. The maximum Gasteiger partial charge on any atom is 0.103 e. The first-order valence-corrected chi connectivity index (χ1v) is 4.08. The van der Waals surface area contributed by atoms with Gasteiger partial charge < -0.3 is 10.3 Å². The van der Waals surface area contributed by atoms with Gasteiger partial charge in [0, 0.05) is 19.2 Å². The van der Waals surface area contributed by atoms with Crippen molar-refractivity contribution >= 4 is 0 Å². The minimum atomic E-state index is 0.886. The molecule has 2 N–H and O–H groups in total. The minimum absolute atomic E-state index is 0.886. The van der Waals surface area contributed by atoms with E-state index < -0.39 is 0 Å². The molecule has 1 heterocycles. The summed E-state index contributed by atoms with van der Waals surface area (Å²) in [6.45, 7) is 4.01. The van der Waals surface area contributed by atoms with Crippen LogP contribution in [0.3, 0.4) is 0 Å². The van der Waals surface area contributed by atoms with Crippen LogP contribution in [0, 0.1) is 13.8 Å². The number of rotatable bonds is 3. The van der Waals surface area contributed by atoms with Crippen LogP contribution in [0.15, 0.2) is 12.3 Å². The van der Waals surface area contributed by atoms with Crippen LogP contribution in [0.1, 0.15) is 17.2 Å². The fourth-order valence-corrected chi connectivity index (χ4v) is 1.14. The Kier molecular flexibility index (Phi) is 2.91. The maximum atomic E-state index is 4.35. The van der Waals surface area contributed by atoms with Crippen molar-refractivity contribution in [1.29, 1.82) is 0 Å². The standard InChI is InChI=1S/C9H15N3/c1-7-9(5-4-6-10-3)12-8(2)11-7/h4,6,10H,5H2,1-3H3,(H,11,12)/b6-4-. The van der Waals surface area contributed by atoms with E-state index in [0.29, 0.717) is 0 Å². The van der Waals surface area contributed by atoms with Crippen LogP contribution in [0.2, 0.25) is 0 Å². The van der Waals surface area contributed by atoms with Gasteiger partial charge in [0.25, 0.3) is 0 Å². The van der Waals surface area contributed by atoms with Gasteiger partial charge in [-0.3, -0.25) is 0 Å².